The highest BCUT2D eigenvalue weighted by Gasteiger charge is 2.12. The largest absolute Gasteiger partial charge is 0.334 e. The van der Waals surface area contributed by atoms with Gasteiger partial charge in [-0.2, -0.15) is 0 Å². The first-order valence-electron chi connectivity index (χ1n) is 4.59. The zero-order chi connectivity index (χ0) is 10.3. The van der Waals surface area contributed by atoms with E-state index in [0.717, 1.165) is 10.7 Å². The lowest BCUT2D eigenvalue weighted by molar-refractivity contribution is 0.946. The Labute approximate surface area is 88.3 Å². The molecule has 0 amide bonds. The third-order valence-electron chi connectivity index (χ3n) is 2.65. The van der Waals surface area contributed by atoms with Crippen molar-refractivity contribution >= 4 is 22.5 Å². The minimum atomic E-state index is 0.486. The number of hydrogen-bond acceptors (Lipinski definition) is 1. The van der Waals surface area contributed by atoms with Gasteiger partial charge in [0.2, 0.25) is 0 Å². The molecule has 0 aliphatic rings. The van der Waals surface area contributed by atoms with E-state index >= 15 is 0 Å². The number of rotatable bonds is 1. The van der Waals surface area contributed by atoms with Gasteiger partial charge in [0.15, 0.2) is 0 Å². The Morgan fingerprint density at radius 1 is 1.43 bits per heavy atom. The number of hydrogen-bond donors (Lipinski definition) is 1. The summed E-state index contributed by atoms with van der Waals surface area (Å²) in [5.41, 5.74) is 9.12. The minimum Gasteiger partial charge on any atom is -0.334 e. The molecule has 14 heavy (non-hydrogen) atoms. The fraction of sp³-hybridized carbons (Fsp3) is 0.273. The predicted octanol–water partition coefficient (Wildman–Crippen LogP) is 2.60. The van der Waals surface area contributed by atoms with E-state index in [1.54, 1.807) is 0 Å². The molecule has 0 unspecified atom stereocenters. The molecule has 0 bridgehead atoms. The number of aromatic nitrogens is 1. The molecule has 0 saturated heterocycles. The van der Waals surface area contributed by atoms with Crippen LogP contribution >= 0.6 is 11.6 Å². The second-order valence-electron chi connectivity index (χ2n) is 3.50. The van der Waals surface area contributed by atoms with Crippen molar-refractivity contribution in [1.82, 2.24) is 4.57 Å². The predicted molar refractivity (Wildman–Crippen MR) is 60.6 cm³/mol. The first-order chi connectivity index (χ1) is 6.66. The molecule has 0 fully saturated rings. The van der Waals surface area contributed by atoms with Gasteiger partial charge in [0, 0.05) is 24.5 Å². The summed E-state index contributed by atoms with van der Waals surface area (Å²) in [5, 5.41) is 1.91. The number of nitrogens with two attached hydrogens (primary N) is 1. The Hall–Kier alpha value is -0.990. The standard InChI is InChI=1S/C11H13ClN2/c1-7-4-3-5-8-9(6-13)11(12)14(2)10(7)8/h3-5H,6,13H2,1-2H3. The smallest absolute Gasteiger partial charge is 0.114 e. The van der Waals surface area contributed by atoms with E-state index in [9.17, 15) is 0 Å². The second-order valence-corrected chi connectivity index (χ2v) is 3.86. The maximum absolute atomic E-state index is 6.19. The van der Waals surface area contributed by atoms with Crippen LogP contribution in [0.25, 0.3) is 10.9 Å². The van der Waals surface area contributed by atoms with Crippen molar-refractivity contribution in [1.29, 1.82) is 0 Å². The van der Waals surface area contributed by atoms with Gasteiger partial charge in [0.25, 0.3) is 0 Å². The molecule has 74 valence electrons. The molecular weight excluding hydrogens is 196 g/mol. The Morgan fingerprint density at radius 3 is 2.79 bits per heavy atom. The third-order valence-corrected chi connectivity index (χ3v) is 3.13. The lowest BCUT2D eigenvalue weighted by atomic mass is 10.1. The van der Waals surface area contributed by atoms with E-state index in [1.165, 1.54) is 16.5 Å². The SMILES string of the molecule is Cc1cccc2c(CN)c(Cl)n(C)c12. The summed E-state index contributed by atoms with van der Waals surface area (Å²) in [6, 6.07) is 6.18. The number of aryl methyl sites for hydroxylation is 2. The van der Waals surface area contributed by atoms with Crippen LogP contribution in [-0.2, 0) is 13.6 Å². The fourth-order valence-corrected chi connectivity index (χ4v) is 2.22. The summed E-state index contributed by atoms with van der Waals surface area (Å²) in [6.07, 6.45) is 0. The molecule has 2 nitrogen and oxygen atoms in total. The third kappa shape index (κ3) is 1.15. The van der Waals surface area contributed by atoms with Crippen LogP contribution in [0.3, 0.4) is 0 Å². The van der Waals surface area contributed by atoms with Crippen molar-refractivity contribution in [3.63, 3.8) is 0 Å². The lowest BCUT2D eigenvalue weighted by Crippen LogP contribution is -1.96. The van der Waals surface area contributed by atoms with Gasteiger partial charge in [-0.25, -0.2) is 0 Å². The zero-order valence-electron chi connectivity index (χ0n) is 8.34. The molecule has 0 atom stereocenters. The van der Waals surface area contributed by atoms with E-state index in [4.69, 9.17) is 17.3 Å². The van der Waals surface area contributed by atoms with Crippen molar-refractivity contribution < 1.29 is 0 Å². The molecule has 1 aromatic carbocycles. The summed E-state index contributed by atoms with van der Waals surface area (Å²) in [5.74, 6) is 0. The number of fused-ring (bicyclic) bond motifs is 1. The van der Waals surface area contributed by atoms with Crippen molar-refractivity contribution in [3.05, 3.63) is 34.5 Å². The topological polar surface area (TPSA) is 30.9 Å². The molecule has 1 aromatic heterocycles. The maximum Gasteiger partial charge on any atom is 0.114 e. The summed E-state index contributed by atoms with van der Waals surface area (Å²) in [6.45, 7) is 2.57. The van der Waals surface area contributed by atoms with Gasteiger partial charge in [-0.15, -0.1) is 0 Å². The van der Waals surface area contributed by atoms with Crippen molar-refractivity contribution in [2.24, 2.45) is 12.8 Å². The van der Waals surface area contributed by atoms with Crippen LogP contribution in [0, 0.1) is 6.92 Å². The quantitative estimate of drug-likeness (QED) is 0.768. The Bertz CT molecular complexity index is 485. The molecule has 0 spiro atoms. The average molecular weight is 209 g/mol. The first-order valence-corrected chi connectivity index (χ1v) is 4.97. The Morgan fingerprint density at radius 2 is 2.14 bits per heavy atom. The van der Waals surface area contributed by atoms with Crippen LogP contribution < -0.4 is 5.73 Å². The van der Waals surface area contributed by atoms with Crippen molar-refractivity contribution in [3.8, 4) is 0 Å². The minimum absolute atomic E-state index is 0.486. The van der Waals surface area contributed by atoms with Crippen molar-refractivity contribution in [2.75, 3.05) is 0 Å². The van der Waals surface area contributed by atoms with Gasteiger partial charge in [0.1, 0.15) is 5.15 Å². The van der Waals surface area contributed by atoms with Crippen LogP contribution in [0.15, 0.2) is 18.2 Å². The summed E-state index contributed by atoms with van der Waals surface area (Å²) < 4.78 is 1.99. The van der Waals surface area contributed by atoms with Crippen LogP contribution in [0.4, 0.5) is 0 Å². The highest BCUT2D eigenvalue weighted by Crippen LogP contribution is 2.30. The van der Waals surface area contributed by atoms with Crippen LogP contribution in [0.2, 0.25) is 5.15 Å². The normalized spacial score (nSPS) is 11.1. The molecular formula is C11H13ClN2. The Kier molecular flexibility index (Phi) is 2.25. The van der Waals surface area contributed by atoms with E-state index in [2.05, 4.69) is 19.1 Å². The molecule has 2 N–H and O–H groups in total. The first kappa shape index (κ1) is 9.56. The van der Waals surface area contributed by atoms with Crippen molar-refractivity contribution in [2.45, 2.75) is 13.5 Å². The lowest BCUT2D eigenvalue weighted by Gasteiger charge is -2.00. The van der Waals surface area contributed by atoms with Gasteiger partial charge >= 0.3 is 0 Å². The molecule has 2 rings (SSSR count). The maximum atomic E-state index is 6.19. The number of benzene rings is 1. The highest BCUT2D eigenvalue weighted by molar-refractivity contribution is 6.32. The number of halogens is 1. The van der Waals surface area contributed by atoms with E-state index < -0.39 is 0 Å². The second kappa shape index (κ2) is 3.30. The molecule has 1 heterocycles. The number of nitrogens with zero attached hydrogens (tertiary/aromatic N) is 1. The summed E-state index contributed by atoms with van der Waals surface area (Å²) >= 11 is 6.19. The highest BCUT2D eigenvalue weighted by atomic mass is 35.5. The Balaban J connectivity index is 2.95. The molecule has 0 saturated carbocycles. The molecule has 3 heteroatoms. The molecule has 0 aliphatic carbocycles. The fourth-order valence-electron chi connectivity index (χ4n) is 1.95. The van der Waals surface area contributed by atoms with Gasteiger partial charge < -0.3 is 10.3 Å². The van der Waals surface area contributed by atoms with Gasteiger partial charge in [0.05, 0.1) is 5.52 Å². The molecule has 2 aromatic rings. The average Bonchev–Trinajstić information content (AvgIpc) is 2.41. The molecule has 0 radical (unpaired) electrons. The van der Waals surface area contributed by atoms with Crippen LogP contribution in [-0.4, -0.2) is 4.57 Å². The summed E-state index contributed by atoms with van der Waals surface area (Å²) in [4.78, 5) is 0. The van der Waals surface area contributed by atoms with E-state index in [0.29, 0.717) is 6.54 Å². The van der Waals surface area contributed by atoms with Crippen LogP contribution in [0.5, 0.6) is 0 Å². The van der Waals surface area contributed by atoms with Gasteiger partial charge in [-0.3, -0.25) is 0 Å². The van der Waals surface area contributed by atoms with E-state index in [1.807, 2.05) is 17.7 Å². The number of para-hydroxylation sites is 1. The monoisotopic (exact) mass is 208 g/mol. The van der Waals surface area contributed by atoms with E-state index in [-0.39, 0.29) is 0 Å². The van der Waals surface area contributed by atoms with Gasteiger partial charge in [-0.05, 0) is 12.5 Å². The molecule has 0 aliphatic heterocycles. The zero-order valence-corrected chi connectivity index (χ0v) is 9.10. The summed E-state index contributed by atoms with van der Waals surface area (Å²) in [7, 11) is 1.97. The van der Waals surface area contributed by atoms with Gasteiger partial charge in [-0.1, -0.05) is 29.8 Å². The van der Waals surface area contributed by atoms with Crippen LogP contribution in [0.1, 0.15) is 11.1 Å².